The fourth-order valence-corrected chi connectivity index (χ4v) is 1.21. The first kappa shape index (κ1) is 8.44. The van der Waals surface area contributed by atoms with Crippen molar-refractivity contribution in [2.24, 2.45) is 0 Å². The van der Waals surface area contributed by atoms with Crippen LogP contribution in [0.4, 0.5) is 0 Å². The molecule has 0 amide bonds. The van der Waals surface area contributed by atoms with Crippen molar-refractivity contribution in [3.8, 4) is 11.5 Å². The topological polar surface area (TPSA) is 18.5 Å². The van der Waals surface area contributed by atoms with Gasteiger partial charge in [-0.15, -0.1) is 0 Å². The molecular formula is C7H7O2PS. The highest BCUT2D eigenvalue weighted by Crippen LogP contribution is 2.27. The van der Waals surface area contributed by atoms with Crippen LogP contribution in [0.1, 0.15) is 0 Å². The highest BCUT2D eigenvalue weighted by molar-refractivity contribution is 7.94. The van der Waals surface area contributed by atoms with Crippen LogP contribution in [0, 0.1) is 0 Å². The van der Waals surface area contributed by atoms with Crippen LogP contribution in [-0.2, 0) is 11.8 Å². The van der Waals surface area contributed by atoms with Crippen molar-refractivity contribution in [2.45, 2.75) is 0 Å². The third kappa shape index (κ3) is 2.14. The van der Waals surface area contributed by atoms with Crippen LogP contribution in [-0.4, -0.2) is 7.11 Å². The maximum Gasteiger partial charge on any atom is 0.205 e. The average molecular weight is 186 g/mol. The minimum atomic E-state index is 0.463. The van der Waals surface area contributed by atoms with Crippen LogP contribution in [0.25, 0.3) is 0 Å². The number of para-hydroxylation sites is 2. The summed E-state index contributed by atoms with van der Waals surface area (Å²) in [4.78, 5) is 0. The molecule has 1 rings (SSSR count). The maximum atomic E-state index is 5.09. The summed E-state index contributed by atoms with van der Waals surface area (Å²) in [6.45, 7) is 0. The summed E-state index contributed by atoms with van der Waals surface area (Å²) in [7, 11) is 2.06. The molecule has 58 valence electrons. The van der Waals surface area contributed by atoms with Crippen molar-refractivity contribution in [1.29, 1.82) is 0 Å². The summed E-state index contributed by atoms with van der Waals surface area (Å²) in [6, 6.07) is 7.40. The SMILES string of the molecule is COc1ccccc1OP=S. The first-order valence-corrected chi connectivity index (χ1v) is 4.83. The van der Waals surface area contributed by atoms with E-state index in [1.807, 2.05) is 24.3 Å². The Balaban J connectivity index is 2.92. The first-order chi connectivity index (χ1) is 5.38. The molecule has 0 fully saturated rings. The Morgan fingerprint density at radius 3 is 2.45 bits per heavy atom. The van der Waals surface area contributed by atoms with Gasteiger partial charge in [0.15, 0.2) is 11.5 Å². The lowest BCUT2D eigenvalue weighted by molar-refractivity contribution is 0.399. The second kappa shape index (κ2) is 4.27. The molecule has 11 heavy (non-hydrogen) atoms. The summed E-state index contributed by atoms with van der Waals surface area (Å²) in [5.74, 6) is 1.40. The Morgan fingerprint density at radius 1 is 1.27 bits per heavy atom. The van der Waals surface area contributed by atoms with Gasteiger partial charge in [-0.05, 0) is 23.9 Å². The van der Waals surface area contributed by atoms with E-state index in [0.29, 0.717) is 19.1 Å². The molecule has 1 aromatic rings. The molecule has 0 aromatic heterocycles. The molecule has 0 saturated heterocycles. The van der Waals surface area contributed by atoms with E-state index in [1.165, 1.54) is 0 Å². The van der Waals surface area contributed by atoms with E-state index in [1.54, 1.807) is 7.11 Å². The third-order valence-corrected chi connectivity index (χ3v) is 1.70. The summed E-state index contributed by atoms with van der Waals surface area (Å²) in [5.41, 5.74) is 0. The molecule has 0 atom stereocenters. The lowest BCUT2D eigenvalue weighted by Crippen LogP contribution is -1.85. The summed E-state index contributed by atoms with van der Waals surface area (Å²) < 4.78 is 10.1. The monoisotopic (exact) mass is 186 g/mol. The van der Waals surface area contributed by atoms with Gasteiger partial charge in [-0.3, -0.25) is 0 Å². The lowest BCUT2D eigenvalue weighted by Gasteiger charge is -2.03. The number of hydrogen-bond acceptors (Lipinski definition) is 3. The molecule has 0 saturated carbocycles. The molecule has 0 N–H and O–H groups in total. The highest BCUT2D eigenvalue weighted by Gasteiger charge is 1.99. The zero-order valence-electron chi connectivity index (χ0n) is 5.98. The molecule has 0 radical (unpaired) electrons. The van der Waals surface area contributed by atoms with Gasteiger partial charge in [0, 0.05) is 0 Å². The van der Waals surface area contributed by atoms with Crippen molar-refractivity contribution < 1.29 is 9.26 Å². The van der Waals surface area contributed by atoms with Crippen molar-refractivity contribution in [2.75, 3.05) is 7.11 Å². The lowest BCUT2D eigenvalue weighted by atomic mass is 10.3. The molecule has 0 aliphatic carbocycles. The molecule has 1 aromatic carbocycles. The van der Waals surface area contributed by atoms with Crippen molar-refractivity contribution in [3.63, 3.8) is 0 Å². The smallest absolute Gasteiger partial charge is 0.205 e. The predicted octanol–water partition coefficient (Wildman–Crippen LogP) is 2.40. The van der Waals surface area contributed by atoms with Gasteiger partial charge in [0.25, 0.3) is 0 Å². The number of ether oxygens (including phenoxy) is 1. The number of hydrogen-bond donors (Lipinski definition) is 0. The summed E-state index contributed by atoms with van der Waals surface area (Å²) >= 11 is 4.64. The van der Waals surface area contributed by atoms with Gasteiger partial charge in [0.05, 0.1) is 7.11 Å². The molecule has 0 spiro atoms. The Kier molecular flexibility index (Phi) is 3.27. The average Bonchev–Trinajstić information content (AvgIpc) is 2.06. The van der Waals surface area contributed by atoms with E-state index in [4.69, 9.17) is 9.26 Å². The maximum absolute atomic E-state index is 5.09. The highest BCUT2D eigenvalue weighted by atomic mass is 32.4. The van der Waals surface area contributed by atoms with E-state index in [9.17, 15) is 0 Å². The quantitative estimate of drug-likeness (QED) is 0.675. The van der Waals surface area contributed by atoms with Crippen molar-refractivity contribution in [3.05, 3.63) is 24.3 Å². The van der Waals surface area contributed by atoms with Crippen molar-refractivity contribution in [1.82, 2.24) is 0 Å². The van der Waals surface area contributed by atoms with Crippen LogP contribution in [0.3, 0.4) is 0 Å². The Hall–Kier alpha value is -0.660. The van der Waals surface area contributed by atoms with Crippen LogP contribution in [0.5, 0.6) is 11.5 Å². The molecule has 4 heteroatoms. The van der Waals surface area contributed by atoms with Gasteiger partial charge in [-0.25, -0.2) is 0 Å². The van der Waals surface area contributed by atoms with Gasteiger partial charge in [0.1, 0.15) is 0 Å². The Morgan fingerprint density at radius 2 is 1.91 bits per heavy atom. The van der Waals surface area contributed by atoms with E-state index in [2.05, 4.69) is 11.8 Å². The van der Waals surface area contributed by atoms with E-state index in [-0.39, 0.29) is 0 Å². The normalized spacial score (nSPS) is 9.55. The minimum absolute atomic E-state index is 0.463. The Labute approximate surface area is 72.1 Å². The standard InChI is InChI=1S/C7H7O2PS/c1-8-6-4-2-3-5-7(6)9-10-11/h2-5H,1H3. The van der Waals surface area contributed by atoms with Crippen LogP contribution >= 0.6 is 7.58 Å². The molecule has 0 bridgehead atoms. The fourth-order valence-electron chi connectivity index (χ4n) is 0.734. The van der Waals surface area contributed by atoms with Gasteiger partial charge in [-0.1, -0.05) is 12.1 Å². The van der Waals surface area contributed by atoms with Gasteiger partial charge in [-0.2, -0.15) is 0 Å². The zero-order chi connectivity index (χ0) is 8.10. The molecule has 0 aliphatic heterocycles. The first-order valence-electron chi connectivity index (χ1n) is 3.01. The zero-order valence-corrected chi connectivity index (χ0v) is 7.69. The molecule has 0 heterocycles. The second-order valence-corrected chi connectivity index (χ2v) is 2.60. The summed E-state index contributed by atoms with van der Waals surface area (Å²) in [5, 5.41) is 0. The van der Waals surface area contributed by atoms with Crippen LogP contribution in [0.15, 0.2) is 24.3 Å². The number of rotatable bonds is 3. The summed E-state index contributed by atoms with van der Waals surface area (Å²) in [6.07, 6.45) is 0. The second-order valence-electron chi connectivity index (χ2n) is 1.82. The van der Waals surface area contributed by atoms with Crippen LogP contribution < -0.4 is 9.26 Å². The van der Waals surface area contributed by atoms with Crippen LogP contribution in [0.2, 0.25) is 0 Å². The van der Waals surface area contributed by atoms with Gasteiger partial charge in [0.2, 0.25) is 7.58 Å². The van der Waals surface area contributed by atoms with Gasteiger partial charge < -0.3 is 9.26 Å². The third-order valence-electron chi connectivity index (χ3n) is 1.20. The fraction of sp³-hybridized carbons (Fsp3) is 0.143. The number of methoxy groups -OCH3 is 1. The predicted molar refractivity (Wildman–Crippen MR) is 47.9 cm³/mol. The molecular weight excluding hydrogens is 179 g/mol. The van der Waals surface area contributed by atoms with Gasteiger partial charge >= 0.3 is 0 Å². The minimum Gasteiger partial charge on any atom is -0.493 e. The molecule has 0 unspecified atom stereocenters. The number of benzene rings is 1. The van der Waals surface area contributed by atoms with E-state index < -0.39 is 0 Å². The molecule has 2 nitrogen and oxygen atoms in total. The van der Waals surface area contributed by atoms with Crippen molar-refractivity contribution >= 4 is 19.4 Å². The molecule has 0 aliphatic rings. The van der Waals surface area contributed by atoms with E-state index >= 15 is 0 Å². The Bertz CT molecular complexity index is 252. The largest absolute Gasteiger partial charge is 0.493 e. The van der Waals surface area contributed by atoms with E-state index in [0.717, 1.165) is 0 Å².